The molecule has 0 unspecified atom stereocenters. The van der Waals surface area contributed by atoms with Crippen molar-refractivity contribution < 1.29 is 9.84 Å². The smallest absolute Gasteiger partial charge is 0.213 e. The molecule has 0 amide bonds. The minimum absolute atomic E-state index is 0.0117. The fourth-order valence-electron chi connectivity index (χ4n) is 0.598. The van der Waals surface area contributed by atoms with Crippen molar-refractivity contribution in [3.8, 4) is 5.88 Å². The largest absolute Gasteiger partial charge is 0.475 e. The highest BCUT2D eigenvalue weighted by Crippen LogP contribution is 2.11. The van der Waals surface area contributed by atoms with Gasteiger partial charge in [0.05, 0.1) is 6.61 Å². The summed E-state index contributed by atoms with van der Waals surface area (Å²) in [5, 5.41) is 8.42. The molecule has 0 fully saturated rings. The summed E-state index contributed by atoms with van der Waals surface area (Å²) in [7, 11) is 0. The first-order valence-electron chi connectivity index (χ1n) is 3.18. The van der Waals surface area contributed by atoms with E-state index in [-0.39, 0.29) is 13.2 Å². The maximum atomic E-state index is 8.42. The molecule has 1 aromatic rings. The van der Waals surface area contributed by atoms with E-state index in [9.17, 15) is 0 Å². The molecule has 1 N–H and O–H groups in total. The molecule has 3 nitrogen and oxygen atoms in total. The molecule has 0 aromatic carbocycles. The third kappa shape index (κ3) is 2.86. The Balaban J connectivity index is 2.52. The maximum absolute atomic E-state index is 8.42. The number of pyridine rings is 1. The monoisotopic (exact) mass is 217 g/mol. The molecule has 1 rings (SSSR count). The average Bonchev–Trinajstić information content (AvgIpc) is 2.04. The highest BCUT2D eigenvalue weighted by molar-refractivity contribution is 9.10. The van der Waals surface area contributed by atoms with Gasteiger partial charge in [0.1, 0.15) is 6.61 Å². The van der Waals surface area contributed by atoms with Crippen molar-refractivity contribution in [3.05, 3.63) is 22.8 Å². The van der Waals surface area contributed by atoms with Gasteiger partial charge in [0.25, 0.3) is 0 Å². The number of aliphatic hydroxyl groups is 1. The molecule has 1 heterocycles. The molecular weight excluding hydrogens is 210 g/mol. The van der Waals surface area contributed by atoms with Gasteiger partial charge < -0.3 is 9.84 Å². The van der Waals surface area contributed by atoms with Gasteiger partial charge in [-0.1, -0.05) is 0 Å². The summed E-state index contributed by atoms with van der Waals surface area (Å²) in [4.78, 5) is 3.94. The first-order valence-corrected chi connectivity index (χ1v) is 3.97. The van der Waals surface area contributed by atoms with E-state index in [0.717, 1.165) is 4.47 Å². The lowest BCUT2D eigenvalue weighted by molar-refractivity contribution is 0.196. The SMILES string of the molecule is OCCOc1ccc(Br)cn1. The molecule has 0 bridgehead atoms. The molecule has 0 atom stereocenters. The predicted octanol–water partition coefficient (Wildman–Crippen LogP) is 1.22. The highest BCUT2D eigenvalue weighted by atomic mass is 79.9. The van der Waals surface area contributed by atoms with Crippen LogP contribution in [-0.2, 0) is 0 Å². The normalized spacial score (nSPS) is 9.64. The van der Waals surface area contributed by atoms with Gasteiger partial charge >= 0.3 is 0 Å². The third-order valence-corrected chi connectivity index (χ3v) is 1.51. The van der Waals surface area contributed by atoms with Crippen molar-refractivity contribution in [1.82, 2.24) is 4.98 Å². The van der Waals surface area contributed by atoms with Crippen molar-refractivity contribution in [2.45, 2.75) is 0 Å². The molecule has 0 saturated carbocycles. The van der Waals surface area contributed by atoms with Crippen molar-refractivity contribution in [1.29, 1.82) is 0 Å². The van der Waals surface area contributed by atoms with Crippen LogP contribution in [0.4, 0.5) is 0 Å². The number of aromatic nitrogens is 1. The predicted molar refractivity (Wildman–Crippen MR) is 44.5 cm³/mol. The van der Waals surface area contributed by atoms with Crippen molar-refractivity contribution in [3.63, 3.8) is 0 Å². The number of hydrogen-bond donors (Lipinski definition) is 1. The Morgan fingerprint density at radius 2 is 2.36 bits per heavy atom. The van der Waals surface area contributed by atoms with Gasteiger partial charge in [0.15, 0.2) is 0 Å². The Kier molecular flexibility index (Phi) is 3.32. The Bertz CT molecular complexity index is 212. The van der Waals surface area contributed by atoms with Gasteiger partial charge in [-0.25, -0.2) is 4.98 Å². The maximum Gasteiger partial charge on any atom is 0.213 e. The molecule has 0 aliphatic heterocycles. The van der Waals surface area contributed by atoms with Crippen LogP contribution in [0.2, 0.25) is 0 Å². The second-order valence-corrected chi connectivity index (χ2v) is 2.80. The molecule has 60 valence electrons. The van der Waals surface area contributed by atoms with Crippen LogP contribution >= 0.6 is 15.9 Å². The summed E-state index contributed by atoms with van der Waals surface area (Å²) < 4.78 is 5.94. The van der Waals surface area contributed by atoms with Gasteiger partial charge in [0.2, 0.25) is 5.88 Å². The molecule has 0 saturated heterocycles. The van der Waals surface area contributed by atoms with Gasteiger partial charge in [-0.05, 0) is 22.0 Å². The summed E-state index contributed by atoms with van der Waals surface area (Å²) >= 11 is 3.25. The Morgan fingerprint density at radius 1 is 1.55 bits per heavy atom. The minimum atomic E-state index is 0.0117. The van der Waals surface area contributed by atoms with Crippen LogP contribution in [0.5, 0.6) is 5.88 Å². The van der Waals surface area contributed by atoms with E-state index < -0.39 is 0 Å². The van der Waals surface area contributed by atoms with Gasteiger partial charge in [-0.3, -0.25) is 0 Å². The number of hydrogen-bond acceptors (Lipinski definition) is 3. The number of halogens is 1. The number of ether oxygens (including phenoxy) is 1. The third-order valence-electron chi connectivity index (χ3n) is 1.04. The van der Waals surface area contributed by atoms with E-state index >= 15 is 0 Å². The van der Waals surface area contributed by atoms with Crippen molar-refractivity contribution >= 4 is 15.9 Å². The van der Waals surface area contributed by atoms with Crippen LogP contribution in [0.25, 0.3) is 0 Å². The minimum Gasteiger partial charge on any atom is -0.475 e. The average molecular weight is 218 g/mol. The highest BCUT2D eigenvalue weighted by Gasteiger charge is 1.92. The van der Waals surface area contributed by atoms with Crippen LogP contribution < -0.4 is 4.74 Å². The van der Waals surface area contributed by atoms with Gasteiger partial charge in [-0.2, -0.15) is 0 Å². The fraction of sp³-hybridized carbons (Fsp3) is 0.286. The second-order valence-electron chi connectivity index (χ2n) is 1.89. The molecule has 0 spiro atoms. The zero-order valence-electron chi connectivity index (χ0n) is 5.83. The van der Waals surface area contributed by atoms with Gasteiger partial charge in [-0.15, -0.1) is 0 Å². The zero-order chi connectivity index (χ0) is 8.10. The first kappa shape index (κ1) is 8.49. The van der Waals surface area contributed by atoms with E-state index in [1.807, 2.05) is 6.07 Å². The Labute approximate surface area is 73.2 Å². The summed E-state index contributed by atoms with van der Waals surface area (Å²) in [6.45, 7) is 0.298. The van der Waals surface area contributed by atoms with Crippen molar-refractivity contribution in [2.75, 3.05) is 13.2 Å². The van der Waals surface area contributed by atoms with E-state index in [0.29, 0.717) is 5.88 Å². The zero-order valence-corrected chi connectivity index (χ0v) is 7.41. The first-order chi connectivity index (χ1) is 5.33. The molecule has 0 aliphatic carbocycles. The second kappa shape index (κ2) is 4.31. The number of aliphatic hydroxyl groups excluding tert-OH is 1. The molecule has 0 radical (unpaired) electrons. The van der Waals surface area contributed by atoms with Gasteiger partial charge in [0, 0.05) is 16.7 Å². The summed E-state index contributed by atoms with van der Waals surface area (Å²) in [5.74, 6) is 0.530. The standard InChI is InChI=1S/C7H8BrNO2/c8-6-1-2-7(9-5-6)11-4-3-10/h1-2,5,10H,3-4H2. The van der Waals surface area contributed by atoms with Crippen molar-refractivity contribution in [2.24, 2.45) is 0 Å². The molecule has 11 heavy (non-hydrogen) atoms. The summed E-state index contributed by atoms with van der Waals surface area (Å²) in [6.07, 6.45) is 1.65. The molecule has 1 aromatic heterocycles. The van der Waals surface area contributed by atoms with E-state index in [1.165, 1.54) is 0 Å². The number of nitrogens with zero attached hydrogens (tertiary/aromatic N) is 1. The fourth-order valence-corrected chi connectivity index (χ4v) is 0.832. The Hall–Kier alpha value is -0.610. The molecular formula is C7H8BrNO2. The van der Waals surface area contributed by atoms with E-state index in [2.05, 4.69) is 20.9 Å². The molecule has 4 heteroatoms. The van der Waals surface area contributed by atoms with E-state index in [4.69, 9.17) is 9.84 Å². The lowest BCUT2D eigenvalue weighted by Crippen LogP contribution is -2.02. The summed E-state index contributed by atoms with van der Waals surface area (Å²) in [5.41, 5.74) is 0. The lowest BCUT2D eigenvalue weighted by Gasteiger charge is -2.01. The molecule has 0 aliphatic rings. The summed E-state index contributed by atoms with van der Waals surface area (Å²) in [6, 6.07) is 3.57. The van der Waals surface area contributed by atoms with Crippen LogP contribution in [0.1, 0.15) is 0 Å². The van der Waals surface area contributed by atoms with Crippen LogP contribution in [0.3, 0.4) is 0 Å². The topological polar surface area (TPSA) is 42.4 Å². The Morgan fingerprint density at radius 3 is 2.91 bits per heavy atom. The number of rotatable bonds is 3. The quantitative estimate of drug-likeness (QED) is 0.829. The van der Waals surface area contributed by atoms with Crippen LogP contribution in [0.15, 0.2) is 22.8 Å². The van der Waals surface area contributed by atoms with E-state index in [1.54, 1.807) is 12.3 Å². The van der Waals surface area contributed by atoms with Crippen LogP contribution in [-0.4, -0.2) is 23.3 Å². The lowest BCUT2D eigenvalue weighted by atomic mass is 10.5. The van der Waals surface area contributed by atoms with Crippen LogP contribution in [0, 0.1) is 0 Å².